The van der Waals surface area contributed by atoms with Gasteiger partial charge in [-0.2, -0.15) is 4.98 Å². The van der Waals surface area contributed by atoms with Crippen LogP contribution in [-0.4, -0.2) is 23.7 Å². The molecule has 2 aromatic carbocycles. The van der Waals surface area contributed by atoms with Crippen molar-refractivity contribution in [3.63, 3.8) is 0 Å². The second-order valence-electron chi connectivity index (χ2n) is 6.27. The van der Waals surface area contributed by atoms with E-state index in [1.54, 1.807) is 54.7 Å². The molecule has 2 heterocycles. The third-order valence-corrected chi connectivity index (χ3v) is 4.54. The van der Waals surface area contributed by atoms with E-state index < -0.39 is 11.3 Å². The normalized spacial score (nSPS) is 12.0. The van der Waals surface area contributed by atoms with Crippen molar-refractivity contribution < 1.29 is 13.2 Å². The van der Waals surface area contributed by atoms with Crippen molar-refractivity contribution >= 4 is 51.0 Å². The van der Waals surface area contributed by atoms with E-state index >= 15 is 0 Å². The van der Waals surface area contributed by atoms with Crippen LogP contribution in [0.1, 0.15) is 5.69 Å². The Kier molecular flexibility index (Phi) is 5.10. The molecule has 8 nitrogen and oxygen atoms in total. The first-order valence-electron chi connectivity index (χ1n) is 8.59. The first-order valence-corrected chi connectivity index (χ1v) is 9.66. The van der Waals surface area contributed by atoms with Crippen molar-refractivity contribution in [1.29, 1.82) is 0 Å². The number of nitrogens with one attached hydrogen (secondary N) is 4. The largest absolute Gasteiger partial charge is 0.755 e. The van der Waals surface area contributed by atoms with Crippen molar-refractivity contribution in [3.8, 4) is 0 Å². The molecule has 0 saturated heterocycles. The fourth-order valence-corrected chi connectivity index (χ4v) is 3.21. The zero-order chi connectivity index (χ0) is 20.4. The molecule has 0 aliphatic carbocycles. The van der Waals surface area contributed by atoms with E-state index in [1.165, 1.54) is 0 Å². The minimum absolute atomic E-state index is 0.307. The van der Waals surface area contributed by atoms with E-state index in [2.05, 4.69) is 30.3 Å². The Labute approximate surface area is 168 Å². The monoisotopic (exact) mass is 411 g/mol. The van der Waals surface area contributed by atoms with E-state index in [0.29, 0.717) is 34.2 Å². The van der Waals surface area contributed by atoms with E-state index in [9.17, 15) is 13.2 Å². The molecule has 148 valence electrons. The van der Waals surface area contributed by atoms with Crippen molar-refractivity contribution in [1.82, 2.24) is 15.0 Å². The lowest BCUT2D eigenvalue weighted by atomic mass is 10.2. The Balaban J connectivity index is 1.52. The lowest BCUT2D eigenvalue weighted by Crippen LogP contribution is -2.03. The highest BCUT2D eigenvalue weighted by Gasteiger charge is 2.10. The third-order valence-electron chi connectivity index (χ3n) is 4.13. The van der Waals surface area contributed by atoms with Crippen LogP contribution in [0.25, 0.3) is 10.9 Å². The Hall–Kier alpha value is -3.50. The van der Waals surface area contributed by atoms with Gasteiger partial charge >= 0.3 is 0 Å². The van der Waals surface area contributed by atoms with E-state index in [-0.39, 0.29) is 5.82 Å². The molecule has 0 amide bonds. The molecule has 10 heteroatoms. The van der Waals surface area contributed by atoms with Crippen molar-refractivity contribution in [2.24, 2.45) is 0 Å². The zero-order valence-corrected chi connectivity index (χ0v) is 16.0. The number of aromatic amines is 1. The molecule has 0 aliphatic heterocycles. The molecule has 0 spiro atoms. The van der Waals surface area contributed by atoms with Gasteiger partial charge in [-0.05, 0) is 55.5 Å². The van der Waals surface area contributed by atoms with Crippen LogP contribution < -0.4 is 15.4 Å². The summed E-state index contributed by atoms with van der Waals surface area (Å²) >= 11 is -2.38. The number of aryl methyl sites for hydroxylation is 1. The summed E-state index contributed by atoms with van der Waals surface area (Å²) in [5.41, 5.74) is 3.02. The molecule has 4 N–H and O–H groups in total. The lowest BCUT2D eigenvalue weighted by molar-refractivity contribution is 0.542. The fraction of sp³-hybridized carbons (Fsp3) is 0.0526. The second kappa shape index (κ2) is 7.86. The Bertz CT molecular complexity index is 1200. The molecule has 4 aromatic rings. The van der Waals surface area contributed by atoms with Crippen LogP contribution in [0.3, 0.4) is 0 Å². The summed E-state index contributed by atoms with van der Waals surface area (Å²) in [4.78, 5) is 11.6. The van der Waals surface area contributed by atoms with Gasteiger partial charge in [-0.25, -0.2) is 9.37 Å². The predicted octanol–water partition coefficient (Wildman–Crippen LogP) is 4.10. The van der Waals surface area contributed by atoms with Gasteiger partial charge in [0.05, 0.1) is 5.69 Å². The van der Waals surface area contributed by atoms with Gasteiger partial charge in [0.2, 0.25) is 5.95 Å². The molecule has 29 heavy (non-hydrogen) atoms. The number of aromatic nitrogens is 3. The van der Waals surface area contributed by atoms with E-state index in [4.69, 9.17) is 0 Å². The number of nitrogens with zero attached hydrogens (tertiary/aromatic N) is 2. The summed E-state index contributed by atoms with van der Waals surface area (Å²) in [5.74, 6) is 0.369. The summed E-state index contributed by atoms with van der Waals surface area (Å²) in [6, 6.07) is 13.4. The topological polar surface area (TPSA) is 118 Å². The SMILES string of the molecule is Cc1cc2c(F)c(Nc3ccnc(Nc4ccc(NS(=O)[O-])cc4)n3)ccc2[nH]1. The first kappa shape index (κ1) is 18.8. The molecule has 0 aliphatic rings. The molecule has 1 unspecified atom stereocenters. The van der Waals surface area contributed by atoms with Gasteiger partial charge in [0.15, 0.2) is 5.82 Å². The molecule has 0 fully saturated rings. The van der Waals surface area contributed by atoms with Crippen LogP contribution in [0.15, 0.2) is 54.7 Å². The summed E-state index contributed by atoms with van der Waals surface area (Å²) in [7, 11) is 0. The Morgan fingerprint density at radius 1 is 1.07 bits per heavy atom. The number of hydrogen-bond donors (Lipinski definition) is 4. The maximum atomic E-state index is 14.8. The summed E-state index contributed by atoms with van der Waals surface area (Å²) in [5, 5.41) is 6.49. The van der Waals surface area contributed by atoms with Crippen molar-refractivity contribution in [2.75, 3.05) is 15.4 Å². The van der Waals surface area contributed by atoms with E-state index in [0.717, 1.165) is 11.2 Å². The van der Waals surface area contributed by atoms with Crippen LogP contribution in [0.4, 0.5) is 33.2 Å². The van der Waals surface area contributed by atoms with Crippen LogP contribution in [0.5, 0.6) is 0 Å². The standard InChI is InChI=1S/C19H17FN6O2S/c1-11-10-14-15(22-11)6-7-16(18(14)20)24-17-8-9-21-19(25-17)23-12-2-4-13(5-3-12)26-29(27)28/h2-10,22,26H,1H3,(H,27,28)(H2,21,23,24,25)/p-1. The minimum atomic E-state index is -2.38. The average Bonchev–Trinajstić information content (AvgIpc) is 3.07. The number of rotatable bonds is 6. The van der Waals surface area contributed by atoms with E-state index in [1.807, 2.05) is 6.92 Å². The number of benzene rings is 2. The van der Waals surface area contributed by atoms with Crippen LogP contribution in [-0.2, 0) is 11.3 Å². The van der Waals surface area contributed by atoms with Gasteiger partial charge in [-0.1, -0.05) is 0 Å². The molecule has 0 saturated carbocycles. The molecule has 0 radical (unpaired) electrons. The highest BCUT2D eigenvalue weighted by atomic mass is 32.2. The number of anilines is 5. The zero-order valence-electron chi connectivity index (χ0n) is 15.2. The fourth-order valence-electron chi connectivity index (χ4n) is 2.88. The maximum Gasteiger partial charge on any atom is 0.229 e. The van der Waals surface area contributed by atoms with Gasteiger partial charge in [-0.15, -0.1) is 0 Å². The third kappa shape index (κ3) is 4.33. The molecule has 0 bridgehead atoms. The Morgan fingerprint density at radius 3 is 2.59 bits per heavy atom. The molecular formula is C19H16FN6O2S-. The van der Waals surface area contributed by atoms with Gasteiger partial charge < -0.3 is 24.9 Å². The molecule has 2 aromatic heterocycles. The van der Waals surface area contributed by atoms with Crippen LogP contribution >= 0.6 is 0 Å². The van der Waals surface area contributed by atoms with Crippen molar-refractivity contribution in [2.45, 2.75) is 6.92 Å². The average molecular weight is 411 g/mol. The van der Waals surface area contributed by atoms with Gasteiger partial charge in [0, 0.05) is 45.4 Å². The molecule has 4 rings (SSSR count). The highest BCUT2D eigenvalue weighted by molar-refractivity contribution is 7.80. The smallest absolute Gasteiger partial charge is 0.229 e. The van der Waals surface area contributed by atoms with Crippen LogP contribution in [0, 0.1) is 12.7 Å². The van der Waals surface area contributed by atoms with Gasteiger partial charge in [-0.3, -0.25) is 4.21 Å². The van der Waals surface area contributed by atoms with Crippen LogP contribution in [0.2, 0.25) is 0 Å². The summed E-state index contributed by atoms with van der Waals surface area (Å²) < 4.78 is 38.3. The molecule has 1 atom stereocenters. The Morgan fingerprint density at radius 2 is 1.83 bits per heavy atom. The first-order chi connectivity index (χ1) is 14.0. The summed E-state index contributed by atoms with van der Waals surface area (Å²) in [6.07, 6.45) is 1.55. The van der Waals surface area contributed by atoms with Gasteiger partial charge in [0.1, 0.15) is 5.82 Å². The second-order valence-corrected chi connectivity index (χ2v) is 6.94. The predicted molar refractivity (Wildman–Crippen MR) is 111 cm³/mol. The number of fused-ring (bicyclic) bond motifs is 1. The quantitative estimate of drug-likeness (QED) is 0.355. The number of H-pyrrole nitrogens is 1. The van der Waals surface area contributed by atoms with Crippen molar-refractivity contribution in [3.05, 3.63) is 66.2 Å². The van der Waals surface area contributed by atoms with Gasteiger partial charge in [0.25, 0.3) is 0 Å². The summed E-state index contributed by atoms with van der Waals surface area (Å²) in [6.45, 7) is 1.87. The molecular weight excluding hydrogens is 395 g/mol. The highest BCUT2D eigenvalue weighted by Crippen LogP contribution is 2.27. The lowest BCUT2D eigenvalue weighted by Gasteiger charge is -2.11. The maximum absolute atomic E-state index is 14.8. The number of hydrogen-bond acceptors (Lipinski definition) is 6. The number of halogens is 1. The minimum Gasteiger partial charge on any atom is -0.755 e.